The van der Waals surface area contributed by atoms with Crippen molar-refractivity contribution in [3.63, 3.8) is 0 Å². The lowest BCUT2D eigenvalue weighted by Gasteiger charge is -2.06. The Balaban J connectivity index is 1.92. The van der Waals surface area contributed by atoms with Gasteiger partial charge in [-0.2, -0.15) is 0 Å². The molecule has 0 aliphatic rings. The van der Waals surface area contributed by atoms with E-state index < -0.39 is 0 Å². The number of halogens is 2. The van der Waals surface area contributed by atoms with Gasteiger partial charge in [0.1, 0.15) is 5.82 Å². The highest BCUT2D eigenvalue weighted by atomic mass is 35.5. The molecule has 0 radical (unpaired) electrons. The minimum atomic E-state index is -0.171. The lowest BCUT2D eigenvalue weighted by Crippen LogP contribution is -2.14. The fraction of sp³-hybridized carbons (Fsp3) is 0.250. The van der Waals surface area contributed by atoms with Gasteiger partial charge in [0.05, 0.1) is 22.3 Å². The molecule has 0 fully saturated rings. The summed E-state index contributed by atoms with van der Waals surface area (Å²) in [6.07, 6.45) is 0. The summed E-state index contributed by atoms with van der Waals surface area (Å²) in [6.45, 7) is 0.305. The van der Waals surface area contributed by atoms with Crippen LogP contribution in [0.2, 0.25) is 10.0 Å². The van der Waals surface area contributed by atoms with Crippen molar-refractivity contribution in [2.45, 2.75) is 11.7 Å². The Kier molecular flexibility index (Phi) is 5.46. The minimum Gasteiger partial charge on any atom is -0.325 e. The molecule has 0 aliphatic heterocycles. The third-order valence-electron chi connectivity index (χ3n) is 2.64. The number of nitrogens with zero attached hydrogens (tertiary/aromatic N) is 3. The molecule has 1 amide bonds. The molecule has 2 aromatic rings. The molecule has 1 aromatic heterocycles. The molecular weight excluding hydrogens is 333 g/mol. The minimum absolute atomic E-state index is 0.171. The van der Waals surface area contributed by atoms with E-state index in [0.717, 1.165) is 0 Å². The number of hydrogen-bond acceptors (Lipinski definition) is 5. The van der Waals surface area contributed by atoms with Gasteiger partial charge in [-0.25, -0.2) is 0 Å². The second kappa shape index (κ2) is 7.13. The molecule has 3 N–H and O–H groups in total. The Bertz CT molecular complexity index is 661. The number of anilines is 1. The van der Waals surface area contributed by atoms with Crippen LogP contribution in [0.15, 0.2) is 23.4 Å². The van der Waals surface area contributed by atoms with Crippen LogP contribution < -0.4 is 11.1 Å². The summed E-state index contributed by atoms with van der Waals surface area (Å²) in [5, 5.41) is 12.1. The van der Waals surface area contributed by atoms with Gasteiger partial charge in [0, 0.05) is 12.7 Å². The number of hydrogen-bond donors (Lipinski definition) is 2. The first-order chi connectivity index (χ1) is 10.0. The van der Waals surface area contributed by atoms with Gasteiger partial charge in [0.15, 0.2) is 5.16 Å². The number of amides is 1. The standard InChI is InChI=1S/C12H13Cl2N5OS/c1-19-10(5-15)17-18-12(19)21-6-11(20)16-7-2-3-8(13)9(14)4-7/h2-4H,5-6,15H2,1H3,(H,16,20). The summed E-state index contributed by atoms with van der Waals surface area (Å²) >= 11 is 13.0. The van der Waals surface area contributed by atoms with Crippen LogP contribution in [-0.2, 0) is 18.4 Å². The molecule has 0 spiro atoms. The molecule has 0 unspecified atom stereocenters. The zero-order valence-electron chi connectivity index (χ0n) is 11.1. The summed E-state index contributed by atoms with van der Waals surface area (Å²) in [6, 6.07) is 4.91. The van der Waals surface area contributed by atoms with Gasteiger partial charge in [-0.1, -0.05) is 35.0 Å². The highest BCUT2D eigenvalue weighted by Gasteiger charge is 2.11. The molecule has 1 aromatic carbocycles. The first kappa shape index (κ1) is 16.1. The molecule has 0 aliphatic carbocycles. The van der Waals surface area contributed by atoms with Crippen molar-refractivity contribution in [2.24, 2.45) is 12.8 Å². The molecule has 112 valence electrons. The van der Waals surface area contributed by atoms with Crippen LogP contribution in [0.1, 0.15) is 5.82 Å². The molecule has 2 rings (SSSR count). The maximum Gasteiger partial charge on any atom is 0.234 e. The van der Waals surface area contributed by atoms with E-state index in [1.807, 2.05) is 0 Å². The maximum atomic E-state index is 11.9. The maximum absolute atomic E-state index is 11.9. The van der Waals surface area contributed by atoms with Crippen molar-refractivity contribution in [1.29, 1.82) is 0 Å². The Hall–Kier alpha value is -1.28. The fourth-order valence-corrected chi connectivity index (χ4v) is 2.58. The van der Waals surface area contributed by atoms with Gasteiger partial charge in [-0.3, -0.25) is 4.79 Å². The van der Waals surface area contributed by atoms with E-state index in [0.29, 0.717) is 33.3 Å². The number of nitrogens with two attached hydrogens (primary N) is 1. The number of carbonyl (C=O) groups excluding carboxylic acids is 1. The van der Waals surface area contributed by atoms with E-state index in [4.69, 9.17) is 28.9 Å². The quantitative estimate of drug-likeness (QED) is 0.812. The van der Waals surface area contributed by atoms with Crippen molar-refractivity contribution in [2.75, 3.05) is 11.1 Å². The second-order valence-electron chi connectivity index (χ2n) is 4.13. The zero-order valence-corrected chi connectivity index (χ0v) is 13.5. The first-order valence-electron chi connectivity index (χ1n) is 5.97. The van der Waals surface area contributed by atoms with Crippen LogP contribution in [0.3, 0.4) is 0 Å². The highest BCUT2D eigenvalue weighted by molar-refractivity contribution is 7.99. The number of aromatic nitrogens is 3. The molecule has 9 heteroatoms. The van der Waals surface area contributed by atoms with Gasteiger partial charge in [0.2, 0.25) is 5.91 Å². The molecule has 0 bridgehead atoms. The highest BCUT2D eigenvalue weighted by Crippen LogP contribution is 2.25. The van der Waals surface area contributed by atoms with E-state index in [1.54, 1.807) is 29.8 Å². The number of rotatable bonds is 5. The average Bonchev–Trinajstić information content (AvgIpc) is 2.81. The topological polar surface area (TPSA) is 85.8 Å². The van der Waals surface area contributed by atoms with Gasteiger partial charge < -0.3 is 15.6 Å². The van der Waals surface area contributed by atoms with Crippen LogP contribution in [0.25, 0.3) is 0 Å². The van der Waals surface area contributed by atoms with Gasteiger partial charge in [-0.05, 0) is 18.2 Å². The Morgan fingerprint density at radius 2 is 2.14 bits per heavy atom. The third kappa shape index (κ3) is 4.10. The molecule has 1 heterocycles. The summed E-state index contributed by atoms with van der Waals surface area (Å²) in [4.78, 5) is 11.9. The van der Waals surface area contributed by atoms with Gasteiger partial charge >= 0.3 is 0 Å². The number of nitrogens with one attached hydrogen (secondary N) is 1. The van der Waals surface area contributed by atoms with E-state index in [-0.39, 0.29) is 11.7 Å². The summed E-state index contributed by atoms with van der Waals surface area (Å²) in [7, 11) is 1.81. The van der Waals surface area contributed by atoms with Gasteiger partial charge in [-0.15, -0.1) is 10.2 Å². The molecule has 6 nitrogen and oxygen atoms in total. The molecule has 0 atom stereocenters. The van der Waals surface area contributed by atoms with Crippen LogP contribution in [0.5, 0.6) is 0 Å². The molecule has 0 saturated carbocycles. The van der Waals surface area contributed by atoms with Crippen molar-refractivity contribution >= 4 is 46.6 Å². The monoisotopic (exact) mass is 345 g/mol. The van der Waals surface area contributed by atoms with E-state index in [9.17, 15) is 4.79 Å². The third-order valence-corrected chi connectivity index (χ3v) is 4.40. The van der Waals surface area contributed by atoms with E-state index in [2.05, 4.69) is 15.5 Å². The van der Waals surface area contributed by atoms with Crippen LogP contribution in [-0.4, -0.2) is 26.4 Å². The smallest absolute Gasteiger partial charge is 0.234 e. The summed E-state index contributed by atoms with van der Waals surface area (Å²) in [5.74, 6) is 0.703. The Labute approximate surface area is 136 Å². The summed E-state index contributed by atoms with van der Waals surface area (Å²) in [5.41, 5.74) is 6.11. The van der Waals surface area contributed by atoms with Crippen molar-refractivity contribution in [3.05, 3.63) is 34.1 Å². The van der Waals surface area contributed by atoms with E-state index in [1.165, 1.54) is 11.8 Å². The first-order valence-corrected chi connectivity index (χ1v) is 7.71. The predicted octanol–water partition coefficient (Wildman–Crippen LogP) is 2.31. The van der Waals surface area contributed by atoms with Crippen LogP contribution >= 0.6 is 35.0 Å². The molecule has 0 saturated heterocycles. The van der Waals surface area contributed by atoms with Crippen LogP contribution in [0.4, 0.5) is 5.69 Å². The predicted molar refractivity (Wildman–Crippen MR) is 84.7 cm³/mol. The Morgan fingerprint density at radius 3 is 2.76 bits per heavy atom. The fourth-order valence-electron chi connectivity index (χ4n) is 1.55. The lowest BCUT2D eigenvalue weighted by molar-refractivity contribution is -0.113. The average molecular weight is 346 g/mol. The molecular formula is C12H13Cl2N5OS. The second-order valence-corrected chi connectivity index (χ2v) is 5.88. The number of carbonyl (C=O) groups is 1. The zero-order chi connectivity index (χ0) is 15.4. The van der Waals surface area contributed by atoms with Gasteiger partial charge in [0.25, 0.3) is 0 Å². The Morgan fingerprint density at radius 1 is 1.38 bits per heavy atom. The molecule has 21 heavy (non-hydrogen) atoms. The largest absolute Gasteiger partial charge is 0.325 e. The SMILES string of the molecule is Cn1c(CN)nnc1SCC(=O)Nc1ccc(Cl)c(Cl)c1. The van der Waals surface area contributed by atoms with Crippen molar-refractivity contribution in [1.82, 2.24) is 14.8 Å². The van der Waals surface area contributed by atoms with Crippen molar-refractivity contribution in [3.8, 4) is 0 Å². The lowest BCUT2D eigenvalue weighted by atomic mass is 10.3. The van der Waals surface area contributed by atoms with Crippen LogP contribution in [0, 0.1) is 0 Å². The number of thioether (sulfide) groups is 1. The summed E-state index contributed by atoms with van der Waals surface area (Å²) < 4.78 is 1.76. The van der Waals surface area contributed by atoms with Crippen molar-refractivity contribution < 1.29 is 4.79 Å². The van der Waals surface area contributed by atoms with E-state index >= 15 is 0 Å². The number of benzene rings is 1. The normalized spacial score (nSPS) is 10.7.